The van der Waals surface area contributed by atoms with Crippen molar-refractivity contribution in [2.24, 2.45) is 0 Å². The number of hydrogen-bond acceptors (Lipinski definition) is 8. The molecule has 1 atom stereocenters. The molecular formula is C33H47N3O8. The van der Waals surface area contributed by atoms with Crippen molar-refractivity contribution in [3.8, 4) is 0 Å². The summed E-state index contributed by atoms with van der Waals surface area (Å²) in [7, 11) is 0. The maximum Gasteiger partial charge on any atom is 0.305 e. The van der Waals surface area contributed by atoms with Gasteiger partial charge < -0.3 is 14.8 Å². The van der Waals surface area contributed by atoms with Crippen LogP contribution in [0.5, 0.6) is 0 Å². The Kier molecular flexibility index (Phi) is 15.0. The third-order valence-corrected chi connectivity index (χ3v) is 7.91. The molecule has 0 aliphatic carbocycles. The predicted octanol–water partition coefficient (Wildman–Crippen LogP) is 5.07. The molecule has 0 aromatic heterocycles. The van der Waals surface area contributed by atoms with Gasteiger partial charge in [0.1, 0.15) is 12.6 Å². The number of carbonyl (C=O) groups is 6. The van der Waals surface area contributed by atoms with Crippen LogP contribution in [0.2, 0.25) is 0 Å². The second-order valence-electron chi connectivity index (χ2n) is 11.4. The molecule has 2 aliphatic heterocycles. The van der Waals surface area contributed by atoms with Crippen molar-refractivity contribution in [2.75, 3.05) is 25.1 Å². The van der Waals surface area contributed by atoms with Crippen LogP contribution < -0.4 is 10.6 Å². The standard InChI is InChI=1S/C33H47N3O8/c1-2-3-4-5-6-7-8-9-12-18-29(39)44-23-22-43-21-13-10-11-17-27(37)34-25-16-14-15-24-30(25)33(42)36(32(24)41)26-19-20-28(38)35-31(26)40/h14-16,26H,2-13,17-23H2,1H3,(H,34,37)(H,35,38,40). The highest BCUT2D eigenvalue weighted by Crippen LogP contribution is 2.32. The lowest BCUT2D eigenvalue weighted by Gasteiger charge is -2.27. The number of hydrogen-bond donors (Lipinski definition) is 2. The number of amides is 5. The number of anilines is 1. The normalized spacial score (nSPS) is 16.2. The molecule has 0 bridgehead atoms. The van der Waals surface area contributed by atoms with E-state index in [1.165, 1.54) is 51.0 Å². The van der Waals surface area contributed by atoms with Crippen molar-refractivity contribution in [3.63, 3.8) is 0 Å². The van der Waals surface area contributed by atoms with Crippen LogP contribution in [0.25, 0.3) is 0 Å². The molecule has 1 fully saturated rings. The molecule has 1 aromatic rings. The Labute approximate surface area is 259 Å². The van der Waals surface area contributed by atoms with E-state index in [2.05, 4.69) is 17.6 Å². The van der Waals surface area contributed by atoms with Gasteiger partial charge >= 0.3 is 5.97 Å². The Bertz CT molecular complexity index is 1170. The van der Waals surface area contributed by atoms with E-state index in [1.54, 1.807) is 12.1 Å². The van der Waals surface area contributed by atoms with Crippen molar-refractivity contribution < 1.29 is 38.2 Å². The number of benzene rings is 1. The number of carbonyl (C=O) groups excluding carboxylic acids is 6. The van der Waals surface area contributed by atoms with Crippen LogP contribution in [-0.4, -0.2) is 66.3 Å². The zero-order chi connectivity index (χ0) is 31.7. The van der Waals surface area contributed by atoms with E-state index in [0.717, 1.165) is 30.6 Å². The van der Waals surface area contributed by atoms with Gasteiger partial charge in [-0.2, -0.15) is 0 Å². The second-order valence-corrected chi connectivity index (χ2v) is 11.4. The molecule has 1 aromatic carbocycles. The number of esters is 1. The fourth-order valence-corrected chi connectivity index (χ4v) is 5.47. The minimum Gasteiger partial charge on any atom is -0.463 e. The fraction of sp³-hybridized carbons (Fsp3) is 0.636. The monoisotopic (exact) mass is 613 g/mol. The van der Waals surface area contributed by atoms with E-state index < -0.39 is 29.7 Å². The van der Waals surface area contributed by atoms with E-state index >= 15 is 0 Å². The molecule has 0 saturated carbocycles. The highest BCUT2D eigenvalue weighted by molar-refractivity contribution is 6.26. The van der Waals surface area contributed by atoms with E-state index in [4.69, 9.17) is 9.47 Å². The highest BCUT2D eigenvalue weighted by Gasteiger charge is 2.45. The number of nitrogens with zero attached hydrogens (tertiary/aromatic N) is 1. The predicted molar refractivity (Wildman–Crippen MR) is 164 cm³/mol. The van der Waals surface area contributed by atoms with Crippen molar-refractivity contribution in [1.29, 1.82) is 0 Å². The van der Waals surface area contributed by atoms with E-state index in [0.29, 0.717) is 26.1 Å². The first kappa shape index (κ1) is 34.9. The summed E-state index contributed by atoms with van der Waals surface area (Å²) in [5.41, 5.74) is 0.387. The molecule has 5 amide bonds. The Hall–Kier alpha value is -3.60. The molecular weight excluding hydrogens is 566 g/mol. The number of ether oxygens (including phenoxy) is 2. The first-order valence-electron chi connectivity index (χ1n) is 16.2. The first-order chi connectivity index (χ1) is 21.3. The molecule has 0 spiro atoms. The number of rotatable bonds is 21. The molecule has 2 heterocycles. The lowest BCUT2D eigenvalue weighted by atomic mass is 10.0. The molecule has 2 aliphatic rings. The van der Waals surface area contributed by atoms with Gasteiger partial charge in [0.2, 0.25) is 17.7 Å². The lowest BCUT2D eigenvalue weighted by molar-refractivity contribution is -0.145. The Balaban J connectivity index is 1.24. The van der Waals surface area contributed by atoms with Crippen molar-refractivity contribution in [1.82, 2.24) is 10.2 Å². The van der Waals surface area contributed by atoms with Gasteiger partial charge in [0, 0.05) is 25.9 Å². The summed E-state index contributed by atoms with van der Waals surface area (Å²) >= 11 is 0. The molecule has 0 radical (unpaired) electrons. The van der Waals surface area contributed by atoms with Gasteiger partial charge in [-0.3, -0.25) is 39.0 Å². The molecule has 11 nitrogen and oxygen atoms in total. The number of piperidine rings is 1. The SMILES string of the molecule is CCCCCCCCCCCC(=O)OCCOCCCCCC(=O)Nc1cccc2c1C(=O)N(C1CCC(=O)NC1=O)C2=O. The number of imide groups is 2. The average Bonchev–Trinajstić information content (AvgIpc) is 3.25. The highest BCUT2D eigenvalue weighted by atomic mass is 16.6. The third kappa shape index (κ3) is 10.8. The molecule has 2 N–H and O–H groups in total. The Morgan fingerprint density at radius 1 is 0.841 bits per heavy atom. The van der Waals surface area contributed by atoms with Crippen LogP contribution in [0, 0.1) is 0 Å². The van der Waals surface area contributed by atoms with Gasteiger partial charge in [-0.1, -0.05) is 70.8 Å². The molecule has 11 heteroatoms. The maximum atomic E-state index is 13.1. The van der Waals surface area contributed by atoms with E-state index in [-0.39, 0.29) is 54.6 Å². The van der Waals surface area contributed by atoms with Crippen molar-refractivity contribution >= 4 is 41.2 Å². The molecule has 3 rings (SSSR count). The van der Waals surface area contributed by atoms with Crippen molar-refractivity contribution in [3.05, 3.63) is 29.3 Å². The number of unbranched alkanes of at least 4 members (excludes halogenated alkanes) is 10. The van der Waals surface area contributed by atoms with Crippen LogP contribution in [-0.2, 0) is 28.7 Å². The van der Waals surface area contributed by atoms with E-state index in [1.807, 2.05) is 0 Å². The van der Waals surface area contributed by atoms with Gasteiger partial charge in [0.25, 0.3) is 11.8 Å². The number of nitrogens with one attached hydrogen (secondary N) is 2. The summed E-state index contributed by atoms with van der Waals surface area (Å²) in [4.78, 5) is 75.2. The zero-order valence-electron chi connectivity index (χ0n) is 26.0. The minimum atomic E-state index is -1.07. The summed E-state index contributed by atoms with van der Waals surface area (Å²) in [6.07, 6.45) is 13.7. The zero-order valence-corrected chi connectivity index (χ0v) is 26.0. The largest absolute Gasteiger partial charge is 0.463 e. The van der Waals surface area contributed by atoms with Crippen molar-refractivity contribution in [2.45, 2.75) is 116 Å². The summed E-state index contributed by atoms with van der Waals surface area (Å²) < 4.78 is 10.8. The van der Waals surface area contributed by atoms with Gasteiger partial charge in [0.15, 0.2) is 0 Å². The minimum absolute atomic E-state index is 0.0331. The van der Waals surface area contributed by atoms with Gasteiger partial charge in [0.05, 0.1) is 23.4 Å². The summed E-state index contributed by atoms with van der Waals surface area (Å²) in [5.74, 6) is -2.89. The van der Waals surface area contributed by atoms with Gasteiger partial charge in [-0.05, 0) is 37.8 Å². The van der Waals surface area contributed by atoms with Crippen LogP contribution in [0.15, 0.2) is 18.2 Å². The van der Waals surface area contributed by atoms with Crippen LogP contribution in [0.1, 0.15) is 130 Å². The fourth-order valence-electron chi connectivity index (χ4n) is 5.47. The lowest BCUT2D eigenvalue weighted by Crippen LogP contribution is -2.54. The van der Waals surface area contributed by atoms with Crippen LogP contribution in [0.3, 0.4) is 0 Å². The average molecular weight is 614 g/mol. The number of fused-ring (bicyclic) bond motifs is 1. The topological polar surface area (TPSA) is 148 Å². The maximum absolute atomic E-state index is 13.1. The molecule has 242 valence electrons. The molecule has 44 heavy (non-hydrogen) atoms. The van der Waals surface area contributed by atoms with E-state index in [9.17, 15) is 28.8 Å². The van der Waals surface area contributed by atoms with Crippen LogP contribution >= 0.6 is 0 Å². The Morgan fingerprint density at radius 3 is 2.25 bits per heavy atom. The second kappa shape index (κ2) is 18.9. The summed E-state index contributed by atoms with van der Waals surface area (Å²) in [6, 6.07) is 3.53. The first-order valence-corrected chi connectivity index (χ1v) is 16.2. The van der Waals surface area contributed by atoms with Crippen LogP contribution in [0.4, 0.5) is 5.69 Å². The Morgan fingerprint density at radius 2 is 1.52 bits per heavy atom. The van der Waals surface area contributed by atoms with Gasteiger partial charge in [-0.25, -0.2) is 0 Å². The molecule has 1 saturated heterocycles. The summed E-state index contributed by atoms with van der Waals surface area (Å²) in [6.45, 7) is 3.29. The summed E-state index contributed by atoms with van der Waals surface area (Å²) in [5, 5.41) is 4.89. The van der Waals surface area contributed by atoms with Gasteiger partial charge in [-0.15, -0.1) is 0 Å². The molecule has 1 unspecified atom stereocenters. The third-order valence-electron chi connectivity index (χ3n) is 7.91. The quantitative estimate of drug-likeness (QED) is 0.111. The smallest absolute Gasteiger partial charge is 0.305 e.